The molecular weight excluding hydrogens is 490 g/mol. The van der Waals surface area contributed by atoms with Crippen LogP contribution in [0.25, 0.3) is 11.2 Å². The SMILES string of the molecule is CC=CCn1c(N2CCC[C@@H](N)C2)nc2c1c(=O)n(CC(=O)c1ccccc1OCC(=O)NC)c(=O)n2C. The third-order valence-corrected chi connectivity index (χ3v) is 6.60. The number of carbonyl (C=O) groups is 2. The van der Waals surface area contributed by atoms with Crippen LogP contribution in [0.15, 0.2) is 46.0 Å². The van der Waals surface area contributed by atoms with Crippen molar-refractivity contribution in [2.75, 3.05) is 31.6 Å². The Bertz CT molecular complexity index is 1500. The molecule has 3 aromatic rings. The predicted octanol–water partition coefficient (Wildman–Crippen LogP) is 0.408. The van der Waals surface area contributed by atoms with Crippen molar-refractivity contribution in [2.45, 2.75) is 38.9 Å². The molecule has 1 aliphatic rings. The van der Waals surface area contributed by atoms with Crippen molar-refractivity contribution >= 4 is 28.8 Å². The number of imidazole rings is 1. The maximum Gasteiger partial charge on any atom is 0.332 e. The first-order valence-electron chi connectivity index (χ1n) is 12.5. The molecule has 12 heteroatoms. The number of nitrogens with zero attached hydrogens (tertiary/aromatic N) is 5. The number of ether oxygens (including phenoxy) is 1. The van der Waals surface area contributed by atoms with Gasteiger partial charge in [0.1, 0.15) is 5.75 Å². The summed E-state index contributed by atoms with van der Waals surface area (Å²) in [6, 6.07) is 6.39. The van der Waals surface area contributed by atoms with Gasteiger partial charge in [-0.15, -0.1) is 0 Å². The van der Waals surface area contributed by atoms with Gasteiger partial charge in [-0.05, 0) is 31.9 Å². The smallest absolute Gasteiger partial charge is 0.332 e. The maximum absolute atomic E-state index is 13.7. The third kappa shape index (κ3) is 5.25. The highest BCUT2D eigenvalue weighted by atomic mass is 16.5. The van der Waals surface area contributed by atoms with Gasteiger partial charge in [-0.1, -0.05) is 24.3 Å². The molecule has 1 atom stereocenters. The van der Waals surface area contributed by atoms with Gasteiger partial charge in [-0.3, -0.25) is 23.5 Å². The summed E-state index contributed by atoms with van der Waals surface area (Å²) in [6.45, 7) is 2.80. The van der Waals surface area contributed by atoms with E-state index in [1.807, 2.05) is 24.0 Å². The quantitative estimate of drug-likeness (QED) is 0.303. The van der Waals surface area contributed by atoms with Crippen LogP contribution in [0.2, 0.25) is 0 Å². The van der Waals surface area contributed by atoms with Crippen LogP contribution in [0.5, 0.6) is 5.75 Å². The number of Topliss-reactive ketones (excluding diaryl/α,β-unsaturated/α-hetero) is 1. The molecule has 3 N–H and O–H groups in total. The lowest BCUT2D eigenvalue weighted by Crippen LogP contribution is -2.44. The van der Waals surface area contributed by atoms with Crippen LogP contribution in [0.1, 0.15) is 30.1 Å². The summed E-state index contributed by atoms with van der Waals surface area (Å²) < 4.78 is 9.48. The number of aromatic nitrogens is 4. The van der Waals surface area contributed by atoms with Crippen LogP contribution in [0, 0.1) is 0 Å². The highest BCUT2D eigenvalue weighted by Crippen LogP contribution is 2.23. The number of benzene rings is 1. The number of hydrogen-bond acceptors (Lipinski definition) is 8. The molecule has 0 saturated carbocycles. The van der Waals surface area contributed by atoms with Gasteiger partial charge in [0.05, 0.1) is 12.1 Å². The molecular formula is C26H33N7O5. The standard InChI is InChI=1S/C26H33N7O5/c1-4-5-13-32-22-23(29-25(32)31-12-8-9-17(27)14-31)30(3)26(37)33(24(22)36)15-19(34)18-10-6-7-11-20(18)38-16-21(35)28-2/h4-7,10-11,17H,8-9,12-16,27H2,1-3H3,(H,28,35)/t17-/m1/s1. The van der Waals surface area contributed by atoms with Crippen molar-refractivity contribution in [3.63, 3.8) is 0 Å². The highest BCUT2D eigenvalue weighted by molar-refractivity contribution is 5.98. The second-order valence-electron chi connectivity index (χ2n) is 9.23. The van der Waals surface area contributed by atoms with Gasteiger partial charge in [0.2, 0.25) is 5.95 Å². The van der Waals surface area contributed by atoms with E-state index in [-0.39, 0.29) is 41.0 Å². The lowest BCUT2D eigenvalue weighted by Gasteiger charge is -2.31. The summed E-state index contributed by atoms with van der Waals surface area (Å²) in [5.41, 5.74) is 5.58. The van der Waals surface area contributed by atoms with Crippen LogP contribution in [0.3, 0.4) is 0 Å². The number of nitrogens with two attached hydrogens (primary N) is 1. The number of para-hydroxylation sites is 1. The Morgan fingerprint density at radius 2 is 2.00 bits per heavy atom. The highest BCUT2D eigenvalue weighted by Gasteiger charge is 2.27. The zero-order valence-corrected chi connectivity index (χ0v) is 21.8. The fraction of sp³-hybridized carbons (Fsp3) is 0.423. The zero-order valence-electron chi connectivity index (χ0n) is 21.8. The summed E-state index contributed by atoms with van der Waals surface area (Å²) in [6.07, 6.45) is 5.58. The molecule has 0 aliphatic carbocycles. The summed E-state index contributed by atoms with van der Waals surface area (Å²) >= 11 is 0. The number of likely N-dealkylation sites (N-methyl/N-ethyl adjacent to an activating group) is 1. The second kappa shape index (κ2) is 11.5. The minimum Gasteiger partial charge on any atom is -0.483 e. The van der Waals surface area contributed by atoms with Crippen molar-refractivity contribution in [1.82, 2.24) is 24.0 Å². The van der Waals surface area contributed by atoms with Gasteiger partial charge in [0.25, 0.3) is 11.5 Å². The summed E-state index contributed by atoms with van der Waals surface area (Å²) in [5.74, 6) is -0.105. The minimum absolute atomic E-state index is 0.0116. The van der Waals surface area contributed by atoms with Gasteiger partial charge in [-0.25, -0.2) is 4.79 Å². The van der Waals surface area contributed by atoms with E-state index in [9.17, 15) is 19.2 Å². The van der Waals surface area contributed by atoms with Crippen LogP contribution in [-0.2, 0) is 24.9 Å². The molecule has 1 aliphatic heterocycles. The molecule has 2 aromatic heterocycles. The Labute approximate surface area is 219 Å². The van der Waals surface area contributed by atoms with E-state index < -0.39 is 23.6 Å². The Morgan fingerprint density at radius 1 is 1.24 bits per heavy atom. The number of allylic oxidation sites excluding steroid dienone is 2. The Morgan fingerprint density at radius 3 is 2.71 bits per heavy atom. The van der Waals surface area contributed by atoms with Crippen LogP contribution >= 0.6 is 0 Å². The molecule has 38 heavy (non-hydrogen) atoms. The van der Waals surface area contributed by atoms with E-state index in [0.29, 0.717) is 19.0 Å². The van der Waals surface area contributed by atoms with Gasteiger partial charge in [0, 0.05) is 39.8 Å². The molecule has 4 rings (SSSR count). The number of amides is 1. The molecule has 1 amide bonds. The number of anilines is 1. The zero-order chi connectivity index (χ0) is 27.4. The number of ketones is 1. The average molecular weight is 524 g/mol. The summed E-state index contributed by atoms with van der Waals surface area (Å²) in [7, 11) is 3.01. The summed E-state index contributed by atoms with van der Waals surface area (Å²) in [5, 5.41) is 2.45. The van der Waals surface area contributed by atoms with Gasteiger partial charge in [0.15, 0.2) is 23.6 Å². The molecule has 1 saturated heterocycles. The largest absolute Gasteiger partial charge is 0.483 e. The minimum atomic E-state index is -0.655. The maximum atomic E-state index is 13.7. The molecule has 3 heterocycles. The number of fused-ring (bicyclic) bond motifs is 1. The molecule has 202 valence electrons. The molecule has 0 bridgehead atoms. The first-order valence-corrected chi connectivity index (χ1v) is 12.5. The van der Waals surface area contributed by atoms with Gasteiger partial charge in [-0.2, -0.15) is 4.98 Å². The fourth-order valence-corrected chi connectivity index (χ4v) is 4.58. The first kappa shape index (κ1) is 26.9. The van der Waals surface area contributed by atoms with Crippen molar-refractivity contribution in [3.05, 3.63) is 62.8 Å². The topological polar surface area (TPSA) is 146 Å². The van der Waals surface area contributed by atoms with Crippen molar-refractivity contribution in [2.24, 2.45) is 12.8 Å². The Hall–Kier alpha value is -4.19. The third-order valence-electron chi connectivity index (χ3n) is 6.60. The van der Waals surface area contributed by atoms with E-state index in [2.05, 4.69) is 5.32 Å². The number of piperidine rings is 1. The monoisotopic (exact) mass is 523 g/mol. The van der Waals surface area contributed by atoms with Crippen LogP contribution in [-0.4, -0.2) is 63.2 Å². The van der Waals surface area contributed by atoms with Crippen molar-refractivity contribution in [1.29, 1.82) is 0 Å². The second-order valence-corrected chi connectivity index (χ2v) is 9.23. The average Bonchev–Trinajstić information content (AvgIpc) is 3.31. The van der Waals surface area contributed by atoms with Crippen molar-refractivity contribution < 1.29 is 14.3 Å². The first-order chi connectivity index (χ1) is 18.3. The van der Waals surface area contributed by atoms with E-state index in [1.165, 1.54) is 24.7 Å². The Balaban J connectivity index is 1.78. The van der Waals surface area contributed by atoms with Crippen LogP contribution in [0.4, 0.5) is 5.95 Å². The number of aryl methyl sites for hydroxylation is 1. The van der Waals surface area contributed by atoms with E-state index >= 15 is 0 Å². The number of hydrogen-bond donors (Lipinski definition) is 2. The molecule has 0 radical (unpaired) electrons. The normalized spacial score (nSPS) is 15.8. The lowest BCUT2D eigenvalue weighted by atomic mass is 10.1. The van der Waals surface area contributed by atoms with Crippen LogP contribution < -0.4 is 31.9 Å². The number of nitrogens with one attached hydrogen (secondary N) is 1. The van der Waals surface area contributed by atoms with Gasteiger partial charge < -0.3 is 25.3 Å². The number of carbonyl (C=O) groups excluding carboxylic acids is 2. The molecule has 1 fully saturated rings. The fourth-order valence-electron chi connectivity index (χ4n) is 4.58. The summed E-state index contributed by atoms with van der Waals surface area (Å²) in [4.78, 5) is 58.7. The molecule has 12 nitrogen and oxygen atoms in total. The number of rotatable bonds is 9. The predicted molar refractivity (Wildman–Crippen MR) is 144 cm³/mol. The van der Waals surface area contributed by atoms with E-state index in [1.54, 1.807) is 22.8 Å². The molecule has 0 unspecified atom stereocenters. The van der Waals surface area contributed by atoms with E-state index in [4.69, 9.17) is 15.5 Å². The molecule has 0 spiro atoms. The molecule has 1 aromatic carbocycles. The lowest BCUT2D eigenvalue weighted by molar-refractivity contribution is -0.122. The van der Waals surface area contributed by atoms with Crippen molar-refractivity contribution in [3.8, 4) is 5.75 Å². The van der Waals surface area contributed by atoms with E-state index in [0.717, 1.165) is 24.0 Å². The Kier molecular flexibility index (Phi) is 8.10. The van der Waals surface area contributed by atoms with Gasteiger partial charge >= 0.3 is 5.69 Å².